The molecule has 8 heteroatoms. The van der Waals surface area contributed by atoms with Crippen LogP contribution in [0.25, 0.3) is 10.9 Å². The predicted molar refractivity (Wildman–Crippen MR) is 96.1 cm³/mol. The lowest BCUT2D eigenvalue weighted by atomic mass is 10.2. The fourth-order valence-electron chi connectivity index (χ4n) is 2.36. The van der Waals surface area contributed by atoms with Gasteiger partial charge >= 0.3 is 0 Å². The predicted octanol–water partition coefficient (Wildman–Crippen LogP) is 2.65. The van der Waals surface area contributed by atoms with Gasteiger partial charge in [-0.25, -0.2) is 9.97 Å². The Labute approximate surface area is 143 Å². The SMILES string of the molecule is COc1cc2nc(NCCc3ncc(C)s3)nc(N)c2cc1OC. The van der Waals surface area contributed by atoms with E-state index in [0.29, 0.717) is 35.3 Å². The minimum Gasteiger partial charge on any atom is -0.493 e. The molecule has 0 saturated heterocycles. The summed E-state index contributed by atoms with van der Waals surface area (Å²) in [5.41, 5.74) is 6.76. The Morgan fingerprint density at radius 3 is 2.58 bits per heavy atom. The zero-order valence-electron chi connectivity index (χ0n) is 13.8. The monoisotopic (exact) mass is 345 g/mol. The lowest BCUT2D eigenvalue weighted by molar-refractivity contribution is 0.356. The third-order valence-corrected chi connectivity index (χ3v) is 4.49. The standard InChI is InChI=1S/C16H19N5O2S/c1-9-8-19-14(24-9)4-5-18-16-20-11-7-13(23-3)12(22-2)6-10(11)15(17)21-16/h6-8H,4-5H2,1-3H3,(H3,17,18,20,21). The van der Waals surface area contributed by atoms with Crippen molar-refractivity contribution in [2.75, 3.05) is 31.8 Å². The number of thiazole rings is 1. The molecule has 0 amide bonds. The molecule has 3 rings (SSSR count). The van der Waals surface area contributed by atoms with Crippen LogP contribution < -0.4 is 20.5 Å². The Bertz CT molecular complexity index is 865. The van der Waals surface area contributed by atoms with Gasteiger partial charge in [0.25, 0.3) is 0 Å². The van der Waals surface area contributed by atoms with Gasteiger partial charge in [-0.15, -0.1) is 11.3 Å². The van der Waals surface area contributed by atoms with Crippen molar-refractivity contribution in [2.45, 2.75) is 13.3 Å². The fourth-order valence-corrected chi connectivity index (χ4v) is 3.14. The Kier molecular flexibility index (Phi) is 4.66. The molecule has 0 unspecified atom stereocenters. The van der Waals surface area contributed by atoms with Gasteiger partial charge in [-0.2, -0.15) is 4.98 Å². The number of nitrogens with two attached hydrogens (primary N) is 1. The van der Waals surface area contributed by atoms with Crippen LogP contribution in [0.1, 0.15) is 9.88 Å². The molecule has 0 bridgehead atoms. The molecule has 126 valence electrons. The van der Waals surface area contributed by atoms with Crippen LogP contribution in [0.3, 0.4) is 0 Å². The molecule has 2 heterocycles. The van der Waals surface area contributed by atoms with E-state index in [2.05, 4.69) is 20.3 Å². The van der Waals surface area contributed by atoms with Gasteiger partial charge in [-0.1, -0.05) is 0 Å². The number of hydrogen-bond donors (Lipinski definition) is 2. The number of aromatic nitrogens is 3. The summed E-state index contributed by atoms with van der Waals surface area (Å²) in [6.45, 7) is 2.73. The first-order chi connectivity index (χ1) is 11.6. The van der Waals surface area contributed by atoms with E-state index in [1.807, 2.05) is 13.1 Å². The molecule has 0 fully saturated rings. The average Bonchev–Trinajstić information content (AvgIpc) is 2.99. The van der Waals surface area contributed by atoms with Gasteiger partial charge in [0.2, 0.25) is 5.95 Å². The zero-order chi connectivity index (χ0) is 17.1. The Hall–Kier alpha value is -2.61. The molecule has 0 aliphatic carbocycles. The first kappa shape index (κ1) is 16.3. The minimum atomic E-state index is 0.397. The van der Waals surface area contributed by atoms with Gasteiger partial charge in [-0.05, 0) is 13.0 Å². The molecule has 3 aromatic rings. The molecule has 0 saturated carbocycles. The summed E-state index contributed by atoms with van der Waals surface area (Å²) in [5, 5.41) is 5.01. The quantitative estimate of drug-likeness (QED) is 0.709. The molecule has 0 aliphatic heterocycles. The fraction of sp³-hybridized carbons (Fsp3) is 0.312. The molecular weight excluding hydrogens is 326 g/mol. The minimum absolute atomic E-state index is 0.397. The first-order valence-corrected chi connectivity index (χ1v) is 8.26. The Morgan fingerprint density at radius 2 is 1.92 bits per heavy atom. The second-order valence-corrected chi connectivity index (χ2v) is 6.52. The number of benzene rings is 1. The molecule has 7 nitrogen and oxygen atoms in total. The summed E-state index contributed by atoms with van der Waals surface area (Å²) in [4.78, 5) is 14.4. The number of aryl methyl sites for hydroxylation is 1. The van der Waals surface area contributed by atoms with Gasteiger partial charge < -0.3 is 20.5 Å². The maximum atomic E-state index is 6.06. The van der Waals surface area contributed by atoms with Crippen molar-refractivity contribution in [2.24, 2.45) is 0 Å². The number of nitrogens with one attached hydrogen (secondary N) is 1. The van der Waals surface area contributed by atoms with Crippen molar-refractivity contribution >= 4 is 34.0 Å². The topological polar surface area (TPSA) is 95.2 Å². The van der Waals surface area contributed by atoms with E-state index in [0.717, 1.165) is 16.8 Å². The summed E-state index contributed by atoms with van der Waals surface area (Å²) < 4.78 is 10.6. The van der Waals surface area contributed by atoms with E-state index >= 15 is 0 Å². The number of anilines is 2. The van der Waals surface area contributed by atoms with Crippen molar-refractivity contribution in [1.82, 2.24) is 15.0 Å². The van der Waals surface area contributed by atoms with E-state index in [-0.39, 0.29) is 0 Å². The second-order valence-electron chi connectivity index (χ2n) is 5.20. The van der Waals surface area contributed by atoms with Crippen LogP contribution in [-0.4, -0.2) is 35.7 Å². The summed E-state index contributed by atoms with van der Waals surface area (Å²) >= 11 is 1.69. The van der Waals surface area contributed by atoms with Crippen molar-refractivity contribution in [3.05, 3.63) is 28.2 Å². The molecule has 0 spiro atoms. The van der Waals surface area contributed by atoms with Gasteiger partial charge in [-0.3, -0.25) is 0 Å². The van der Waals surface area contributed by atoms with Crippen molar-refractivity contribution in [3.8, 4) is 11.5 Å². The average molecular weight is 345 g/mol. The Balaban J connectivity index is 1.81. The van der Waals surface area contributed by atoms with Gasteiger partial charge in [0.15, 0.2) is 11.5 Å². The lowest BCUT2D eigenvalue weighted by Crippen LogP contribution is -2.09. The molecule has 0 radical (unpaired) electrons. The number of methoxy groups -OCH3 is 2. The molecule has 0 atom stereocenters. The van der Waals surface area contributed by atoms with Crippen LogP contribution in [0.2, 0.25) is 0 Å². The lowest BCUT2D eigenvalue weighted by Gasteiger charge is -2.11. The van der Waals surface area contributed by atoms with E-state index in [4.69, 9.17) is 15.2 Å². The molecule has 1 aromatic carbocycles. The smallest absolute Gasteiger partial charge is 0.225 e. The van der Waals surface area contributed by atoms with Gasteiger partial charge in [0.1, 0.15) is 5.82 Å². The maximum absolute atomic E-state index is 6.06. The van der Waals surface area contributed by atoms with Crippen molar-refractivity contribution < 1.29 is 9.47 Å². The van der Waals surface area contributed by atoms with Crippen LogP contribution in [0.5, 0.6) is 11.5 Å². The highest BCUT2D eigenvalue weighted by Crippen LogP contribution is 2.33. The summed E-state index contributed by atoms with van der Waals surface area (Å²) in [6, 6.07) is 3.58. The highest BCUT2D eigenvalue weighted by Gasteiger charge is 2.11. The van der Waals surface area contributed by atoms with Gasteiger partial charge in [0, 0.05) is 35.5 Å². The highest BCUT2D eigenvalue weighted by molar-refractivity contribution is 7.11. The van der Waals surface area contributed by atoms with Gasteiger partial charge in [0.05, 0.1) is 24.7 Å². The second kappa shape index (κ2) is 6.88. The van der Waals surface area contributed by atoms with E-state index in [1.165, 1.54) is 4.88 Å². The number of ether oxygens (including phenoxy) is 2. The third-order valence-electron chi connectivity index (χ3n) is 3.52. The van der Waals surface area contributed by atoms with Crippen LogP contribution in [0, 0.1) is 6.92 Å². The van der Waals surface area contributed by atoms with Crippen LogP contribution in [0.4, 0.5) is 11.8 Å². The van der Waals surface area contributed by atoms with Crippen molar-refractivity contribution in [1.29, 1.82) is 0 Å². The largest absolute Gasteiger partial charge is 0.493 e. The molecule has 24 heavy (non-hydrogen) atoms. The van der Waals surface area contributed by atoms with Crippen LogP contribution in [-0.2, 0) is 6.42 Å². The number of rotatable bonds is 6. The van der Waals surface area contributed by atoms with Crippen LogP contribution >= 0.6 is 11.3 Å². The first-order valence-electron chi connectivity index (χ1n) is 7.45. The highest BCUT2D eigenvalue weighted by atomic mass is 32.1. The zero-order valence-corrected chi connectivity index (χ0v) is 14.6. The van der Waals surface area contributed by atoms with E-state index in [1.54, 1.807) is 37.7 Å². The molecule has 2 aromatic heterocycles. The maximum Gasteiger partial charge on any atom is 0.225 e. The number of fused-ring (bicyclic) bond motifs is 1. The summed E-state index contributed by atoms with van der Waals surface area (Å²) in [6.07, 6.45) is 2.69. The summed E-state index contributed by atoms with van der Waals surface area (Å²) in [7, 11) is 3.17. The third kappa shape index (κ3) is 3.33. The normalized spacial score (nSPS) is 10.8. The van der Waals surface area contributed by atoms with Crippen LogP contribution in [0.15, 0.2) is 18.3 Å². The van der Waals surface area contributed by atoms with E-state index in [9.17, 15) is 0 Å². The Morgan fingerprint density at radius 1 is 1.17 bits per heavy atom. The van der Waals surface area contributed by atoms with E-state index < -0.39 is 0 Å². The molecular formula is C16H19N5O2S. The number of nitrogens with zero attached hydrogens (tertiary/aromatic N) is 3. The van der Waals surface area contributed by atoms with Crippen molar-refractivity contribution in [3.63, 3.8) is 0 Å². The number of hydrogen-bond acceptors (Lipinski definition) is 8. The summed E-state index contributed by atoms with van der Waals surface area (Å²) in [5.74, 6) is 2.08. The molecule has 3 N–H and O–H groups in total. The number of nitrogen functional groups attached to an aromatic ring is 1. The molecule has 0 aliphatic rings.